The van der Waals surface area contributed by atoms with Crippen LogP contribution in [-0.2, 0) is 6.18 Å². The van der Waals surface area contributed by atoms with E-state index in [9.17, 15) is 18.0 Å². The molecule has 20 heavy (non-hydrogen) atoms. The summed E-state index contributed by atoms with van der Waals surface area (Å²) in [5.41, 5.74) is -1.92. The molecule has 0 unspecified atom stereocenters. The Morgan fingerprint density at radius 3 is 2.40 bits per heavy atom. The van der Waals surface area contributed by atoms with Gasteiger partial charge in [0, 0.05) is 0 Å². The van der Waals surface area contributed by atoms with Gasteiger partial charge in [-0.2, -0.15) is 13.2 Å². The number of aromatic carboxylic acids is 1. The van der Waals surface area contributed by atoms with Crippen LogP contribution in [0.15, 0.2) is 18.2 Å². The van der Waals surface area contributed by atoms with E-state index in [-0.39, 0.29) is 11.9 Å². The molecule has 1 aromatic rings. The summed E-state index contributed by atoms with van der Waals surface area (Å²) in [7, 11) is 0. The van der Waals surface area contributed by atoms with Gasteiger partial charge in [0.05, 0.1) is 17.2 Å². The van der Waals surface area contributed by atoms with E-state index in [0.717, 1.165) is 44.2 Å². The second kappa shape index (κ2) is 5.73. The van der Waals surface area contributed by atoms with Crippen LogP contribution < -0.4 is 4.74 Å². The van der Waals surface area contributed by atoms with Crippen LogP contribution in [-0.4, -0.2) is 17.2 Å². The SMILES string of the molecule is O=C(O)c1ccc(OC2CCCCC2)cc1C(F)(F)F. The van der Waals surface area contributed by atoms with Gasteiger partial charge in [-0.3, -0.25) is 0 Å². The van der Waals surface area contributed by atoms with Gasteiger partial charge in [-0.25, -0.2) is 4.79 Å². The summed E-state index contributed by atoms with van der Waals surface area (Å²) in [5, 5.41) is 8.80. The predicted molar refractivity (Wildman–Crippen MR) is 65.9 cm³/mol. The summed E-state index contributed by atoms with van der Waals surface area (Å²) in [6, 6.07) is 3.01. The monoisotopic (exact) mass is 288 g/mol. The van der Waals surface area contributed by atoms with Gasteiger partial charge in [0.2, 0.25) is 0 Å². The van der Waals surface area contributed by atoms with Crippen molar-refractivity contribution in [2.45, 2.75) is 44.4 Å². The van der Waals surface area contributed by atoms with Gasteiger partial charge in [-0.15, -0.1) is 0 Å². The molecule has 1 aliphatic rings. The number of alkyl halides is 3. The van der Waals surface area contributed by atoms with Crippen molar-refractivity contribution in [2.24, 2.45) is 0 Å². The van der Waals surface area contributed by atoms with Crippen molar-refractivity contribution in [2.75, 3.05) is 0 Å². The Hall–Kier alpha value is -1.72. The molecule has 2 rings (SSSR count). The predicted octanol–water partition coefficient (Wildman–Crippen LogP) is 4.12. The summed E-state index contributed by atoms with van der Waals surface area (Å²) in [6.45, 7) is 0. The third-order valence-corrected chi connectivity index (χ3v) is 3.38. The highest BCUT2D eigenvalue weighted by atomic mass is 19.4. The first kappa shape index (κ1) is 14.7. The molecule has 0 aromatic heterocycles. The number of benzene rings is 1. The Balaban J connectivity index is 2.25. The molecule has 1 N–H and O–H groups in total. The maximum atomic E-state index is 12.8. The van der Waals surface area contributed by atoms with E-state index in [2.05, 4.69) is 0 Å². The van der Waals surface area contributed by atoms with E-state index in [4.69, 9.17) is 9.84 Å². The number of hydrogen-bond acceptors (Lipinski definition) is 2. The third kappa shape index (κ3) is 3.43. The minimum Gasteiger partial charge on any atom is -0.490 e. The molecule has 0 aliphatic heterocycles. The highest BCUT2D eigenvalue weighted by Crippen LogP contribution is 2.35. The van der Waals surface area contributed by atoms with Gasteiger partial charge in [0.25, 0.3) is 0 Å². The molecule has 1 aromatic carbocycles. The van der Waals surface area contributed by atoms with E-state index in [1.165, 1.54) is 6.07 Å². The standard InChI is InChI=1S/C14H15F3O3/c15-14(16,17)12-8-10(6-7-11(12)13(18)19)20-9-4-2-1-3-5-9/h6-9H,1-5H2,(H,18,19). The zero-order valence-corrected chi connectivity index (χ0v) is 10.7. The molecule has 1 saturated carbocycles. The highest BCUT2D eigenvalue weighted by Gasteiger charge is 2.36. The van der Waals surface area contributed by atoms with E-state index in [1.807, 2.05) is 0 Å². The normalized spacial score (nSPS) is 16.9. The Bertz CT molecular complexity index is 491. The quantitative estimate of drug-likeness (QED) is 0.910. The highest BCUT2D eigenvalue weighted by molar-refractivity contribution is 5.89. The second-order valence-corrected chi connectivity index (χ2v) is 4.89. The summed E-state index contributed by atoms with van der Waals surface area (Å²) < 4.78 is 44.1. The summed E-state index contributed by atoms with van der Waals surface area (Å²) in [5.74, 6) is -1.52. The summed E-state index contributed by atoms with van der Waals surface area (Å²) >= 11 is 0. The minimum absolute atomic E-state index is 0.0780. The lowest BCUT2D eigenvalue weighted by molar-refractivity contribution is -0.138. The van der Waals surface area contributed by atoms with Gasteiger partial charge in [0.1, 0.15) is 5.75 Å². The average molecular weight is 288 g/mol. The van der Waals surface area contributed by atoms with E-state index >= 15 is 0 Å². The molecule has 0 saturated heterocycles. The van der Waals surface area contributed by atoms with Crippen LogP contribution in [0.5, 0.6) is 5.75 Å². The number of carboxylic acids is 1. The fourth-order valence-corrected chi connectivity index (χ4v) is 2.39. The lowest BCUT2D eigenvalue weighted by atomic mass is 9.97. The zero-order valence-electron chi connectivity index (χ0n) is 10.7. The first-order valence-electron chi connectivity index (χ1n) is 6.49. The number of halogens is 3. The average Bonchev–Trinajstić information content (AvgIpc) is 2.38. The van der Waals surface area contributed by atoms with Crippen molar-refractivity contribution in [3.63, 3.8) is 0 Å². The van der Waals surface area contributed by atoms with Crippen LogP contribution in [0, 0.1) is 0 Å². The number of hydrogen-bond donors (Lipinski definition) is 1. The Kier molecular flexibility index (Phi) is 4.20. The lowest BCUT2D eigenvalue weighted by Crippen LogP contribution is -2.20. The molecule has 0 heterocycles. The molecule has 0 bridgehead atoms. The van der Waals surface area contributed by atoms with Crippen molar-refractivity contribution in [3.05, 3.63) is 29.3 Å². The molecule has 6 heteroatoms. The van der Waals surface area contributed by atoms with Gasteiger partial charge in [-0.1, -0.05) is 6.42 Å². The molecule has 1 fully saturated rings. The van der Waals surface area contributed by atoms with Crippen LogP contribution in [0.3, 0.4) is 0 Å². The second-order valence-electron chi connectivity index (χ2n) is 4.89. The number of rotatable bonds is 3. The van der Waals surface area contributed by atoms with Crippen LogP contribution in [0.25, 0.3) is 0 Å². The fraction of sp³-hybridized carbons (Fsp3) is 0.500. The fourth-order valence-electron chi connectivity index (χ4n) is 2.39. The zero-order chi connectivity index (χ0) is 14.8. The Labute approximate surface area is 114 Å². The van der Waals surface area contributed by atoms with Gasteiger partial charge in [0.15, 0.2) is 0 Å². The smallest absolute Gasteiger partial charge is 0.417 e. The lowest BCUT2D eigenvalue weighted by Gasteiger charge is -2.23. The molecular formula is C14H15F3O3. The largest absolute Gasteiger partial charge is 0.490 e. The first-order chi connectivity index (χ1) is 9.38. The van der Waals surface area contributed by atoms with E-state index in [0.29, 0.717) is 0 Å². The van der Waals surface area contributed by atoms with Crippen molar-refractivity contribution < 1.29 is 27.8 Å². The van der Waals surface area contributed by atoms with Crippen molar-refractivity contribution >= 4 is 5.97 Å². The topological polar surface area (TPSA) is 46.5 Å². The number of carboxylic acid groups (broad SMARTS) is 1. The maximum Gasteiger partial charge on any atom is 0.417 e. The van der Waals surface area contributed by atoms with Crippen LogP contribution in [0.2, 0.25) is 0 Å². The Morgan fingerprint density at radius 1 is 1.20 bits per heavy atom. The molecular weight excluding hydrogens is 273 g/mol. The molecule has 0 spiro atoms. The van der Waals surface area contributed by atoms with Crippen LogP contribution in [0.1, 0.15) is 48.0 Å². The number of carbonyl (C=O) groups is 1. The van der Waals surface area contributed by atoms with Gasteiger partial charge < -0.3 is 9.84 Å². The molecule has 0 radical (unpaired) electrons. The maximum absolute atomic E-state index is 12.8. The third-order valence-electron chi connectivity index (χ3n) is 3.38. The van der Waals surface area contributed by atoms with E-state index in [1.54, 1.807) is 0 Å². The van der Waals surface area contributed by atoms with Crippen molar-refractivity contribution in [1.29, 1.82) is 0 Å². The molecule has 3 nitrogen and oxygen atoms in total. The number of ether oxygens (including phenoxy) is 1. The van der Waals surface area contributed by atoms with E-state index < -0.39 is 23.3 Å². The molecule has 0 atom stereocenters. The Morgan fingerprint density at radius 2 is 1.85 bits per heavy atom. The molecule has 0 amide bonds. The van der Waals surface area contributed by atoms with Crippen LogP contribution >= 0.6 is 0 Å². The first-order valence-corrected chi connectivity index (χ1v) is 6.49. The molecule has 1 aliphatic carbocycles. The minimum atomic E-state index is -4.71. The van der Waals surface area contributed by atoms with Crippen molar-refractivity contribution in [1.82, 2.24) is 0 Å². The summed E-state index contributed by atoms with van der Waals surface area (Å²) in [6.07, 6.45) is -0.0240. The van der Waals surface area contributed by atoms with Gasteiger partial charge in [-0.05, 0) is 43.9 Å². The summed E-state index contributed by atoms with van der Waals surface area (Å²) in [4.78, 5) is 10.8. The molecule has 110 valence electrons. The van der Waals surface area contributed by atoms with Crippen molar-refractivity contribution in [3.8, 4) is 5.75 Å². The van der Waals surface area contributed by atoms with Crippen LogP contribution in [0.4, 0.5) is 13.2 Å². The van der Waals surface area contributed by atoms with Gasteiger partial charge >= 0.3 is 12.1 Å².